The number of ether oxygens (including phenoxy) is 1. The third kappa shape index (κ3) is 6.28. The van der Waals surface area contributed by atoms with Gasteiger partial charge in [-0.25, -0.2) is 14.1 Å². The zero-order valence-electron chi connectivity index (χ0n) is 20.8. The summed E-state index contributed by atoms with van der Waals surface area (Å²) in [5.41, 5.74) is 3.95. The SMILES string of the molecule is CC(C)c1ccc(F)cc1N1CS/C1=N\N=C\c1ccc(-c2ncn(-c3ccc(OC(F)(F)F)cc3)n2)cc1. The molecule has 3 aromatic carbocycles. The van der Waals surface area contributed by atoms with Crippen LogP contribution in [0.25, 0.3) is 17.1 Å². The predicted octanol–water partition coefficient (Wildman–Crippen LogP) is 7.00. The standard InChI is InChI=1S/C27H22F4N6OS/c1-17(2)23-12-7-20(28)13-24(23)36-16-39-26(36)34-33-14-18-3-5-19(6-4-18)25-32-15-37(35-25)21-8-10-22(11-9-21)38-27(29,30)31/h3-15,17H,16H2,1-2H3/b33-14+,34-26-. The van der Waals surface area contributed by atoms with Crippen molar-refractivity contribution in [2.75, 3.05) is 10.8 Å². The highest BCUT2D eigenvalue weighted by Gasteiger charge is 2.31. The van der Waals surface area contributed by atoms with Crippen molar-refractivity contribution in [1.82, 2.24) is 14.8 Å². The maximum absolute atomic E-state index is 13.9. The van der Waals surface area contributed by atoms with Gasteiger partial charge in [0.25, 0.3) is 0 Å². The van der Waals surface area contributed by atoms with Crippen LogP contribution in [0.3, 0.4) is 0 Å². The third-order valence-corrected chi connectivity index (χ3v) is 6.75. The molecule has 0 unspecified atom stereocenters. The van der Waals surface area contributed by atoms with E-state index in [9.17, 15) is 17.6 Å². The molecule has 1 aliphatic heterocycles. The molecule has 0 N–H and O–H groups in total. The lowest BCUT2D eigenvalue weighted by Gasteiger charge is -2.35. The van der Waals surface area contributed by atoms with E-state index in [1.807, 2.05) is 35.2 Å². The number of rotatable bonds is 7. The number of hydrogen-bond donors (Lipinski definition) is 0. The van der Waals surface area contributed by atoms with Gasteiger partial charge in [-0.2, -0.15) is 5.10 Å². The Morgan fingerprint density at radius 1 is 1.03 bits per heavy atom. The molecule has 0 amide bonds. The monoisotopic (exact) mass is 554 g/mol. The average molecular weight is 555 g/mol. The van der Waals surface area contributed by atoms with Gasteiger partial charge in [-0.05, 0) is 53.4 Å². The molecular formula is C27H22F4N6OS. The van der Waals surface area contributed by atoms with E-state index in [2.05, 4.69) is 38.9 Å². The average Bonchev–Trinajstić information content (AvgIpc) is 3.36. The van der Waals surface area contributed by atoms with Gasteiger partial charge in [0.05, 0.1) is 23.5 Å². The summed E-state index contributed by atoms with van der Waals surface area (Å²) in [4.78, 5) is 6.24. The summed E-state index contributed by atoms with van der Waals surface area (Å²) in [6.45, 7) is 4.13. The fourth-order valence-electron chi connectivity index (χ4n) is 3.86. The summed E-state index contributed by atoms with van der Waals surface area (Å²) in [6.07, 6.45) is -1.65. The van der Waals surface area contributed by atoms with Crippen molar-refractivity contribution < 1.29 is 22.3 Å². The molecule has 0 atom stereocenters. The van der Waals surface area contributed by atoms with Crippen molar-refractivity contribution in [3.05, 3.63) is 90.0 Å². The first-order valence-corrected chi connectivity index (χ1v) is 12.8. The summed E-state index contributed by atoms with van der Waals surface area (Å²) in [7, 11) is 0. The Hall–Kier alpha value is -4.19. The highest BCUT2D eigenvalue weighted by Crippen LogP contribution is 2.36. The summed E-state index contributed by atoms with van der Waals surface area (Å²) in [5.74, 6) is 0.770. The second kappa shape index (κ2) is 10.9. The largest absolute Gasteiger partial charge is 0.573 e. The van der Waals surface area contributed by atoms with Crippen molar-refractivity contribution in [2.24, 2.45) is 10.2 Å². The van der Waals surface area contributed by atoms with Crippen LogP contribution >= 0.6 is 11.8 Å². The normalized spacial score (nSPS) is 14.8. The van der Waals surface area contributed by atoms with Gasteiger partial charge >= 0.3 is 6.36 Å². The van der Waals surface area contributed by atoms with Gasteiger partial charge in [-0.1, -0.05) is 55.9 Å². The number of aromatic nitrogens is 3. The maximum Gasteiger partial charge on any atom is 0.573 e. The van der Waals surface area contributed by atoms with E-state index in [1.165, 1.54) is 59.2 Å². The molecular weight excluding hydrogens is 532 g/mol. The van der Waals surface area contributed by atoms with Crippen LogP contribution in [-0.2, 0) is 0 Å². The number of thioether (sulfide) groups is 1. The van der Waals surface area contributed by atoms with Crippen molar-refractivity contribution in [3.8, 4) is 22.8 Å². The molecule has 4 aromatic rings. The number of anilines is 1. The van der Waals surface area contributed by atoms with E-state index in [0.717, 1.165) is 22.4 Å². The predicted molar refractivity (Wildman–Crippen MR) is 144 cm³/mol. The number of amidine groups is 1. The lowest BCUT2D eigenvalue weighted by molar-refractivity contribution is -0.274. The lowest BCUT2D eigenvalue weighted by atomic mass is 10.0. The van der Waals surface area contributed by atoms with Crippen LogP contribution in [0.1, 0.15) is 30.9 Å². The minimum atomic E-state index is -4.75. The minimum absolute atomic E-state index is 0.244. The van der Waals surface area contributed by atoms with Crippen molar-refractivity contribution in [1.29, 1.82) is 0 Å². The number of nitrogens with zero attached hydrogens (tertiary/aromatic N) is 6. The molecule has 12 heteroatoms. The maximum atomic E-state index is 13.9. The molecule has 0 spiro atoms. The quantitative estimate of drug-likeness (QED) is 0.140. The van der Waals surface area contributed by atoms with Crippen LogP contribution in [0.5, 0.6) is 5.75 Å². The Morgan fingerprint density at radius 2 is 1.77 bits per heavy atom. The molecule has 0 bridgehead atoms. The molecule has 1 aliphatic rings. The fraction of sp³-hybridized carbons (Fsp3) is 0.185. The van der Waals surface area contributed by atoms with Gasteiger partial charge in [-0.3, -0.25) is 0 Å². The fourth-order valence-corrected chi connectivity index (χ4v) is 4.58. The van der Waals surface area contributed by atoms with Crippen LogP contribution in [0.15, 0.2) is 83.3 Å². The zero-order chi connectivity index (χ0) is 27.6. The minimum Gasteiger partial charge on any atom is -0.406 e. The Morgan fingerprint density at radius 3 is 2.41 bits per heavy atom. The van der Waals surface area contributed by atoms with E-state index < -0.39 is 6.36 Å². The van der Waals surface area contributed by atoms with Crippen LogP contribution in [0, 0.1) is 5.82 Å². The molecule has 1 aromatic heterocycles. The van der Waals surface area contributed by atoms with E-state index in [-0.39, 0.29) is 17.5 Å². The van der Waals surface area contributed by atoms with Gasteiger partial charge in [0.15, 0.2) is 11.0 Å². The second-order valence-electron chi connectivity index (χ2n) is 8.86. The molecule has 1 saturated heterocycles. The van der Waals surface area contributed by atoms with E-state index >= 15 is 0 Å². The highest BCUT2D eigenvalue weighted by molar-refractivity contribution is 8.16. The lowest BCUT2D eigenvalue weighted by Crippen LogP contribution is -2.39. The van der Waals surface area contributed by atoms with Crippen LogP contribution in [0.2, 0.25) is 0 Å². The van der Waals surface area contributed by atoms with Crippen LogP contribution < -0.4 is 9.64 Å². The molecule has 1 fully saturated rings. The summed E-state index contributed by atoms with van der Waals surface area (Å²) in [6, 6.07) is 17.5. The molecule has 0 saturated carbocycles. The van der Waals surface area contributed by atoms with Gasteiger partial charge in [0.2, 0.25) is 0 Å². The molecule has 0 radical (unpaired) electrons. The number of benzene rings is 3. The van der Waals surface area contributed by atoms with Crippen molar-refractivity contribution in [2.45, 2.75) is 26.1 Å². The molecule has 39 heavy (non-hydrogen) atoms. The van der Waals surface area contributed by atoms with E-state index in [0.29, 0.717) is 22.6 Å². The highest BCUT2D eigenvalue weighted by atomic mass is 32.2. The summed E-state index contributed by atoms with van der Waals surface area (Å²) in [5, 5.41) is 13.6. The van der Waals surface area contributed by atoms with E-state index in [4.69, 9.17) is 0 Å². The smallest absolute Gasteiger partial charge is 0.406 e. The molecule has 5 rings (SSSR count). The first-order valence-electron chi connectivity index (χ1n) is 11.9. The Labute approximate surface area is 225 Å². The van der Waals surface area contributed by atoms with Gasteiger partial charge in [-0.15, -0.1) is 23.4 Å². The van der Waals surface area contributed by atoms with Gasteiger partial charge < -0.3 is 9.64 Å². The second-order valence-corrected chi connectivity index (χ2v) is 9.77. The Bertz CT molecular complexity index is 1510. The first kappa shape index (κ1) is 26.4. The molecule has 2 heterocycles. The third-order valence-electron chi connectivity index (χ3n) is 5.80. The van der Waals surface area contributed by atoms with Gasteiger partial charge in [0.1, 0.15) is 17.9 Å². The summed E-state index contributed by atoms with van der Waals surface area (Å²) < 4.78 is 56.3. The topological polar surface area (TPSA) is 67.9 Å². The number of halogens is 4. The first-order chi connectivity index (χ1) is 18.7. The number of alkyl halides is 3. The van der Waals surface area contributed by atoms with Gasteiger partial charge in [0, 0.05) is 5.56 Å². The molecule has 0 aliphatic carbocycles. The molecule has 7 nitrogen and oxygen atoms in total. The Balaban J connectivity index is 1.24. The zero-order valence-corrected chi connectivity index (χ0v) is 21.6. The van der Waals surface area contributed by atoms with Crippen molar-refractivity contribution in [3.63, 3.8) is 0 Å². The summed E-state index contributed by atoms with van der Waals surface area (Å²) >= 11 is 1.54. The van der Waals surface area contributed by atoms with Crippen LogP contribution in [-0.4, -0.2) is 38.4 Å². The van der Waals surface area contributed by atoms with E-state index in [1.54, 1.807) is 6.21 Å². The van der Waals surface area contributed by atoms with Crippen molar-refractivity contribution >= 4 is 28.8 Å². The Kier molecular flexibility index (Phi) is 7.38. The van der Waals surface area contributed by atoms with Crippen LogP contribution in [0.4, 0.5) is 23.2 Å². The molecule has 200 valence electrons. The number of hydrogen-bond acceptors (Lipinski definition) is 6.